The van der Waals surface area contributed by atoms with Gasteiger partial charge in [0.2, 0.25) is 5.91 Å². The molecule has 2 amide bonds. The Hall–Kier alpha value is -1.80. The largest absolute Gasteiger partial charge is 0.383 e. The maximum absolute atomic E-state index is 13.0. The van der Waals surface area contributed by atoms with E-state index in [0.717, 1.165) is 0 Å². The van der Waals surface area contributed by atoms with Crippen LogP contribution in [0.25, 0.3) is 0 Å². The molecule has 0 N–H and O–H groups in total. The van der Waals surface area contributed by atoms with Crippen LogP contribution < -0.4 is 0 Å². The molecule has 2 fully saturated rings. The molecule has 2 saturated heterocycles. The van der Waals surface area contributed by atoms with Crippen LogP contribution in [0, 0.1) is 5.82 Å². The summed E-state index contributed by atoms with van der Waals surface area (Å²) in [5.74, 6) is -0.639. The molecule has 1 atom stereocenters. The van der Waals surface area contributed by atoms with Crippen molar-refractivity contribution in [2.45, 2.75) is 17.7 Å². The molecule has 1 aromatic carbocycles. The van der Waals surface area contributed by atoms with Gasteiger partial charge >= 0.3 is 0 Å². The molecule has 3 rings (SSSR count). The van der Waals surface area contributed by atoms with Crippen molar-refractivity contribution in [1.82, 2.24) is 9.80 Å². The fourth-order valence-corrected chi connectivity index (χ4v) is 5.24. The first kappa shape index (κ1) is 18.0. The lowest BCUT2D eigenvalue weighted by atomic mass is 10.0. The highest BCUT2D eigenvalue weighted by atomic mass is 32.2. The van der Waals surface area contributed by atoms with Crippen molar-refractivity contribution < 1.29 is 22.9 Å². The number of rotatable bonds is 4. The van der Waals surface area contributed by atoms with E-state index in [1.54, 1.807) is 16.9 Å². The van der Waals surface area contributed by atoms with Gasteiger partial charge in [-0.1, -0.05) is 0 Å². The number of likely N-dealkylation sites (tertiary alicyclic amines) is 1. The molecule has 0 aromatic heterocycles. The summed E-state index contributed by atoms with van der Waals surface area (Å²) in [6.07, 6.45) is 0.948. The second kappa shape index (κ2) is 7.21. The molecule has 0 saturated carbocycles. The van der Waals surface area contributed by atoms with Crippen LogP contribution in [0.5, 0.6) is 0 Å². The molecule has 6 nitrogen and oxygen atoms in total. The van der Waals surface area contributed by atoms with E-state index in [1.165, 1.54) is 24.3 Å². The number of methoxy groups -OCH3 is 1. The fourth-order valence-electron chi connectivity index (χ4n) is 3.52. The van der Waals surface area contributed by atoms with Crippen molar-refractivity contribution in [3.05, 3.63) is 35.6 Å². The van der Waals surface area contributed by atoms with Gasteiger partial charge in [-0.3, -0.25) is 13.8 Å². The molecule has 25 heavy (non-hydrogen) atoms. The van der Waals surface area contributed by atoms with Crippen molar-refractivity contribution in [2.75, 3.05) is 39.1 Å². The molecule has 1 spiro atoms. The Morgan fingerprint density at radius 2 is 1.92 bits per heavy atom. The third-order valence-corrected chi connectivity index (χ3v) is 6.90. The third-order valence-electron chi connectivity index (χ3n) is 4.91. The molecule has 1 aromatic rings. The van der Waals surface area contributed by atoms with Crippen LogP contribution in [0.4, 0.5) is 4.39 Å². The topological polar surface area (TPSA) is 66.9 Å². The van der Waals surface area contributed by atoms with E-state index in [2.05, 4.69) is 0 Å². The lowest BCUT2D eigenvalue weighted by molar-refractivity contribution is -0.131. The summed E-state index contributed by atoms with van der Waals surface area (Å²) in [5.41, 5.74) is 0.428. The summed E-state index contributed by atoms with van der Waals surface area (Å²) < 4.78 is 30.7. The van der Waals surface area contributed by atoms with Gasteiger partial charge in [-0.2, -0.15) is 0 Å². The van der Waals surface area contributed by atoms with E-state index < -0.39 is 15.7 Å². The Kier molecular flexibility index (Phi) is 5.19. The number of benzene rings is 1. The molecule has 8 heteroatoms. The van der Waals surface area contributed by atoms with E-state index in [0.29, 0.717) is 44.6 Å². The van der Waals surface area contributed by atoms with Crippen LogP contribution in [-0.2, 0) is 20.3 Å². The van der Waals surface area contributed by atoms with Crippen LogP contribution in [-0.4, -0.2) is 69.8 Å². The quantitative estimate of drug-likeness (QED) is 0.795. The predicted molar refractivity (Wildman–Crippen MR) is 90.9 cm³/mol. The zero-order chi connectivity index (χ0) is 18.0. The van der Waals surface area contributed by atoms with Gasteiger partial charge < -0.3 is 14.5 Å². The second-order valence-corrected chi connectivity index (χ2v) is 8.01. The number of amides is 2. The fraction of sp³-hybridized carbons (Fsp3) is 0.529. The number of hydrogen-bond acceptors (Lipinski definition) is 4. The minimum atomic E-state index is -1.27. The number of piperidine rings is 1. The summed E-state index contributed by atoms with van der Waals surface area (Å²) >= 11 is 0. The van der Waals surface area contributed by atoms with Gasteiger partial charge in [0.25, 0.3) is 5.91 Å². The van der Waals surface area contributed by atoms with Crippen LogP contribution in [0.3, 0.4) is 0 Å². The van der Waals surface area contributed by atoms with Crippen molar-refractivity contribution in [1.29, 1.82) is 0 Å². The number of halogens is 1. The molecule has 2 aliphatic rings. The minimum absolute atomic E-state index is 0.0373. The average Bonchev–Trinajstić information content (AvgIpc) is 2.84. The zero-order valence-electron chi connectivity index (χ0n) is 14.1. The highest BCUT2D eigenvalue weighted by Crippen LogP contribution is 2.37. The number of carbonyl (C=O) groups excluding carboxylic acids is 2. The van der Waals surface area contributed by atoms with Gasteiger partial charge in [0.15, 0.2) is 0 Å². The van der Waals surface area contributed by atoms with E-state index in [4.69, 9.17) is 4.74 Å². The first-order valence-corrected chi connectivity index (χ1v) is 9.52. The van der Waals surface area contributed by atoms with Gasteiger partial charge in [0.05, 0.1) is 17.4 Å². The highest BCUT2D eigenvalue weighted by Gasteiger charge is 2.52. The summed E-state index contributed by atoms with van der Waals surface area (Å²) in [4.78, 5) is 27.4. The lowest BCUT2D eigenvalue weighted by Gasteiger charge is -2.43. The van der Waals surface area contributed by atoms with Crippen molar-refractivity contribution >= 4 is 22.6 Å². The molecular formula is C17H21FN2O4S. The van der Waals surface area contributed by atoms with Gasteiger partial charge in [-0.05, 0) is 24.3 Å². The maximum atomic E-state index is 13.0. The smallest absolute Gasteiger partial charge is 0.253 e. The first-order chi connectivity index (χ1) is 12.0. The third kappa shape index (κ3) is 3.32. The Morgan fingerprint density at radius 3 is 2.52 bits per heavy atom. The van der Waals surface area contributed by atoms with E-state index in [1.807, 2.05) is 0 Å². The van der Waals surface area contributed by atoms with Gasteiger partial charge in [0, 0.05) is 45.1 Å². The monoisotopic (exact) mass is 368 g/mol. The van der Waals surface area contributed by atoms with Crippen molar-refractivity contribution in [3.63, 3.8) is 0 Å². The number of ether oxygens (including phenoxy) is 1. The normalized spacial score (nSPS) is 22.6. The maximum Gasteiger partial charge on any atom is 0.253 e. The van der Waals surface area contributed by atoms with Gasteiger partial charge in [0.1, 0.15) is 16.4 Å². The molecule has 1 unspecified atom stereocenters. The van der Waals surface area contributed by atoms with Crippen LogP contribution in [0.15, 0.2) is 24.3 Å². The minimum Gasteiger partial charge on any atom is -0.383 e. The molecule has 0 bridgehead atoms. The summed E-state index contributed by atoms with van der Waals surface area (Å²) in [6.45, 7) is 1.63. The number of nitrogens with zero attached hydrogens (tertiary/aromatic N) is 2. The van der Waals surface area contributed by atoms with Crippen molar-refractivity contribution in [3.8, 4) is 0 Å². The van der Waals surface area contributed by atoms with Crippen LogP contribution in [0.2, 0.25) is 0 Å². The number of hydrogen-bond donors (Lipinski definition) is 0. The first-order valence-electron chi connectivity index (χ1n) is 8.21. The molecule has 2 heterocycles. The van der Waals surface area contributed by atoms with Crippen LogP contribution in [0.1, 0.15) is 23.2 Å². The summed E-state index contributed by atoms with van der Waals surface area (Å²) in [5, 5.41) is 0. The van der Waals surface area contributed by atoms with Gasteiger partial charge in [-0.15, -0.1) is 0 Å². The Bertz CT molecular complexity index is 686. The average molecular weight is 368 g/mol. The second-order valence-electron chi connectivity index (χ2n) is 6.27. The van der Waals surface area contributed by atoms with Gasteiger partial charge in [-0.25, -0.2) is 4.39 Å². The Balaban J connectivity index is 1.71. The molecule has 0 aliphatic carbocycles. The van der Waals surface area contributed by atoms with E-state index in [9.17, 15) is 18.2 Å². The van der Waals surface area contributed by atoms with E-state index >= 15 is 0 Å². The molecule has 2 aliphatic heterocycles. The van der Waals surface area contributed by atoms with Crippen LogP contribution >= 0.6 is 0 Å². The van der Waals surface area contributed by atoms with E-state index in [-0.39, 0.29) is 23.4 Å². The Morgan fingerprint density at radius 1 is 1.28 bits per heavy atom. The predicted octanol–water partition coefficient (Wildman–Crippen LogP) is 0.995. The highest BCUT2D eigenvalue weighted by molar-refractivity contribution is 7.87. The SMILES string of the molecule is COCCN1C(=O)CS(=O)C12CCN(C(=O)c1ccc(F)cc1)CC2. The standard InChI is InChI=1S/C17H21FN2O4S/c1-24-11-10-20-15(21)12-25(23)17(20)6-8-19(9-7-17)16(22)13-2-4-14(18)5-3-13/h2-5H,6-12H2,1H3. The molecule has 136 valence electrons. The van der Waals surface area contributed by atoms with Crippen molar-refractivity contribution in [2.24, 2.45) is 0 Å². The molecule has 0 radical (unpaired) electrons. The zero-order valence-corrected chi connectivity index (χ0v) is 14.9. The summed E-state index contributed by atoms with van der Waals surface area (Å²) in [7, 11) is 0.290. The Labute approximate surface area is 148 Å². The molecular weight excluding hydrogens is 347 g/mol. The number of carbonyl (C=O) groups is 2. The lowest BCUT2D eigenvalue weighted by Crippen LogP contribution is -2.56. The summed E-state index contributed by atoms with van der Waals surface area (Å²) in [6, 6.07) is 5.44.